The van der Waals surface area contributed by atoms with E-state index in [2.05, 4.69) is 0 Å². The second-order valence-electron chi connectivity index (χ2n) is 3.89. The van der Waals surface area contributed by atoms with Gasteiger partial charge in [0.05, 0.1) is 13.2 Å². The monoisotopic (exact) mass is 235 g/mol. The van der Waals surface area contributed by atoms with E-state index in [0.29, 0.717) is 6.54 Å². The van der Waals surface area contributed by atoms with E-state index < -0.39 is 5.92 Å². The molecule has 90 valence electrons. The molecule has 3 amide bonds. The van der Waals surface area contributed by atoms with Crippen molar-refractivity contribution in [3.05, 3.63) is 24.3 Å². The second kappa shape index (κ2) is 4.63. The van der Waals surface area contributed by atoms with Gasteiger partial charge in [-0.25, -0.2) is 4.79 Å². The van der Waals surface area contributed by atoms with Gasteiger partial charge in [0.25, 0.3) is 0 Å². The Morgan fingerprint density at radius 2 is 2.18 bits per heavy atom. The largest absolute Gasteiger partial charge is 0.501 e. The Labute approximate surface area is 99.3 Å². The number of aliphatic hydroxyl groups is 1. The maximum absolute atomic E-state index is 12.1. The van der Waals surface area contributed by atoms with Gasteiger partial charge in [0.1, 0.15) is 18.2 Å². The lowest BCUT2D eigenvalue weighted by molar-refractivity contribution is -0.435. The lowest BCUT2D eigenvalue weighted by atomic mass is 9.94. The van der Waals surface area contributed by atoms with E-state index in [0.717, 1.165) is 10.6 Å². The Balaban J connectivity index is 2.47. The second-order valence-corrected chi connectivity index (χ2v) is 3.89. The molecule has 0 aromatic heterocycles. The van der Waals surface area contributed by atoms with Gasteiger partial charge in [-0.1, -0.05) is 18.2 Å². The minimum Gasteiger partial charge on any atom is -0.392 e. The highest BCUT2D eigenvalue weighted by molar-refractivity contribution is 6.16. The number of amides is 3. The van der Waals surface area contributed by atoms with Crippen molar-refractivity contribution in [3.8, 4) is 0 Å². The lowest BCUT2D eigenvalue weighted by Crippen LogP contribution is -2.54. The molecule has 5 nitrogen and oxygen atoms in total. The minimum atomic E-state index is -0.399. The molecule has 0 aromatic carbocycles. The predicted octanol–water partition coefficient (Wildman–Crippen LogP) is 0.156. The molecule has 1 unspecified atom stereocenters. The van der Waals surface area contributed by atoms with Crippen molar-refractivity contribution in [2.45, 2.75) is 6.92 Å². The van der Waals surface area contributed by atoms with Crippen LogP contribution in [0.5, 0.6) is 0 Å². The number of hydrogen-bond donors (Lipinski definition) is 1. The standard InChI is InChI=1S/C12H15N2O3/c1-2-13-10-6-4-3-5-9(10)11(16)14(7-8-15)12(13)17/h3-6,9,15H,2,7-8H2,1H3/q+1. The van der Waals surface area contributed by atoms with Gasteiger partial charge in [0.2, 0.25) is 0 Å². The molecule has 2 rings (SSSR count). The number of imide groups is 1. The van der Waals surface area contributed by atoms with Crippen molar-refractivity contribution in [2.24, 2.45) is 5.92 Å². The maximum Gasteiger partial charge on any atom is 0.501 e. The van der Waals surface area contributed by atoms with E-state index in [4.69, 9.17) is 5.11 Å². The van der Waals surface area contributed by atoms with Crippen LogP contribution in [0.25, 0.3) is 0 Å². The molecule has 0 saturated heterocycles. The van der Waals surface area contributed by atoms with Gasteiger partial charge >= 0.3 is 11.9 Å². The molecule has 1 N–H and O–H groups in total. The fourth-order valence-electron chi connectivity index (χ4n) is 2.14. The van der Waals surface area contributed by atoms with Gasteiger partial charge in [0.15, 0.2) is 0 Å². The summed E-state index contributed by atoms with van der Waals surface area (Å²) in [7, 11) is 0. The van der Waals surface area contributed by atoms with Gasteiger partial charge in [-0.3, -0.25) is 0 Å². The van der Waals surface area contributed by atoms with Crippen LogP contribution in [0.15, 0.2) is 24.3 Å². The topological polar surface area (TPSA) is 60.6 Å². The Morgan fingerprint density at radius 1 is 1.41 bits per heavy atom. The van der Waals surface area contributed by atoms with Crippen LogP contribution in [0.2, 0.25) is 0 Å². The van der Waals surface area contributed by atoms with Crippen LogP contribution in [-0.4, -0.2) is 51.9 Å². The molecule has 5 heteroatoms. The number of carbonyl (C=O) groups is 2. The normalized spacial score (nSPS) is 23.4. The predicted molar refractivity (Wildman–Crippen MR) is 61.8 cm³/mol. The summed E-state index contributed by atoms with van der Waals surface area (Å²) < 4.78 is 1.57. The summed E-state index contributed by atoms with van der Waals surface area (Å²) in [5, 5.41) is 8.91. The Bertz CT molecular complexity index is 449. The SMILES string of the molecule is CC[N+]1=C2C=CC=CC2C(=O)N(CCO)C1=O. The molecule has 0 fully saturated rings. The average molecular weight is 235 g/mol. The molecule has 17 heavy (non-hydrogen) atoms. The zero-order chi connectivity index (χ0) is 12.4. The molecule has 2 aliphatic rings. The molecular formula is C12H15N2O3+. The number of allylic oxidation sites excluding steroid dienone is 3. The van der Waals surface area contributed by atoms with Crippen molar-refractivity contribution in [1.29, 1.82) is 0 Å². The molecule has 1 atom stereocenters. The summed E-state index contributed by atoms with van der Waals surface area (Å²) in [6, 6.07) is -0.349. The molecule has 1 aliphatic heterocycles. The highest BCUT2D eigenvalue weighted by Crippen LogP contribution is 2.19. The van der Waals surface area contributed by atoms with Crippen molar-refractivity contribution >= 4 is 17.6 Å². The summed E-state index contributed by atoms with van der Waals surface area (Å²) in [5.74, 6) is -0.659. The third-order valence-corrected chi connectivity index (χ3v) is 2.95. The summed E-state index contributed by atoms with van der Waals surface area (Å²) in [6.07, 6.45) is 7.18. The number of carbonyl (C=O) groups excluding carboxylic acids is 2. The summed E-state index contributed by atoms with van der Waals surface area (Å²) >= 11 is 0. The molecule has 0 spiro atoms. The number of aliphatic hydroxyl groups excluding tert-OH is 1. The molecule has 1 heterocycles. The molecule has 0 saturated carbocycles. The van der Waals surface area contributed by atoms with E-state index in [-0.39, 0.29) is 25.1 Å². The van der Waals surface area contributed by atoms with E-state index in [9.17, 15) is 9.59 Å². The smallest absolute Gasteiger partial charge is 0.392 e. The Morgan fingerprint density at radius 3 is 2.82 bits per heavy atom. The molecular weight excluding hydrogens is 220 g/mol. The third kappa shape index (κ3) is 1.82. The first kappa shape index (κ1) is 11.7. The zero-order valence-electron chi connectivity index (χ0n) is 9.67. The first-order chi connectivity index (χ1) is 8.20. The number of nitrogens with zero attached hydrogens (tertiary/aromatic N) is 2. The minimum absolute atomic E-state index is 0.0511. The molecule has 0 aromatic rings. The fourth-order valence-corrected chi connectivity index (χ4v) is 2.14. The van der Waals surface area contributed by atoms with E-state index in [1.165, 1.54) is 0 Å². The first-order valence-corrected chi connectivity index (χ1v) is 5.66. The highest BCUT2D eigenvalue weighted by Gasteiger charge is 2.45. The van der Waals surface area contributed by atoms with Crippen LogP contribution in [0, 0.1) is 5.92 Å². The van der Waals surface area contributed by atoms with E-state index in [1.54, 1.807) is 22.8 Å². The number of urea groups is 1. The first-order valence-electron chi connectivity index (χ1n) is 5.66. The third-order valence-electron chi connectivity index (χ3n) is 2.95. The highest BCUT2D eigenvalue weighted by atomic mass is 16.3. The van der Waals surface area contributed by atoms with E-state index in [1.807, 2.05) is 13.0 Å². The summed E-state index contributed by atoms with van der Waals surface area (Å²) in [6.45, 7) is 2.21. The average Bonchev–Trinajstić information content (AvgIpc) is 2.35. The quantitative estimate of drug-likeness (QED) is 0.709. The van der Waals surface area contributed by atoms with Gasteiger partial charge < -0.3 is 5.11 Å². The van der Waals surface area contributed by atoms with Crippen LogP contribution in [0.1, 0.15) is 6.92 Å². The number of fused-ring (bicyclic) bond motifs is 1. The zero-order valence-corrected chi connectivity index (χ0v) is 9.67. The molecule has 0 bridgehead atoms. The Kier molecular flexibility index (Phi) is 3.19. The molecule has 1 aliphatic carbocycles. The summed E-state index contributed by atoms with van der Waals surface area (Å²) in [4.78, 5) is 25.2. The fraction of sp³-hybridized carbons (Fsp3) is 0.417. The van der Waals surface area contributed by atoms with Crippen LogP contribution in [0.4, 0.5) is 4.79 Å². The van der Waals surface area contributed by atoms with Crippen LogP contribution < -0.4 is 0 Å². The van der Waals surface area contributed by atoms with Crippen molar-refractivity contribution < 1.29 is 19.3 Å². The van der Waals surface area contributed by atoms with Crippen molar-refractivity contribution in [3.63, 3.8) is 0 Å². The van der Waals surface area contributed by atoms with Crippen LogP contribution >= 0.6 is 0 Å². The Hall–Kier alpha value is -1.75. The van der Waals surface area contributed by atoms with Crippen LogP contribution in [-0.2, 0) is 4.79 Å². The number of hydrogen-bond acceptors (Lipinski definition) is 3. The number of rotatable bonds is 3. The molecule has 0 radical (unpaired) electrons. The van der Waals surface area contributed by atoms with Crippen molar-refractivity contribution in [1.82, 2.24) is 4.90 Å². The van der Waals surface area contributed by atoms with Gasteiger partial charge in [-0.15, -0.1) is 0 Å². The van der Waals surface area contributed by atoms with Crippen LogP contribution in [0.3, 0.4) is 0 Å². The van der Waals surface area contributed by atoms with Gasteiger partial charge in [0, 0.05) is 0 Å². The van der Waals surface area contributed by atoms with Crippen molar-refractivity contribution in [2.75, 3.05) is 19.7 Å². The van der Waals surface area contributed by atoms with Gasteiger partial charge in [-0.2, -0.15) is 14.3 Å². The number of β-amino-alcohol motifs (C(OH)–C–C–N with tert-alkyl or cyclic N) is 1. The van der Waals surface area contributed by atoms with E-state index >= 15 is 0 Å². The van der Waals surface area contributed by atoms with Gasteiger partial charge in [-0.05, 0) is 13.0 Å². The summed E-state index contributed by atoms with van der Waals surface area (Å²) in [5.41, 5.74) is 0.721. The maximum atomic E-state index is 12.1. The lowest BCUT2D eigenvalue weighted by Gasteiger charge is -2.25.